The molecule has 0 amide bonds. The zero-order valence-electron chi connectivity index (χ0n) is 7.82. The van der Waals surface area contributed by atoms with Crippen molar-refractivity contribution in [1.82, 2.24) is 0 Å². The number of carbonyl (C=O) groups is 1. The lowest BCUT2D eigenvalue weighted by atomic mass is 10.1. The number of benzene rings is 1. The molecule has 0 unspecified atom stereocenters. The summed E-state index contributed by atoms with van der Waals surface area (Å²) in [6.45, 7) is 0. The monoisotopic (exact) mass is 286 g/mol. The largest absolute Gasteiger partial charge is 0.288 e. The van der Waals surface area contributed by atoms with Crippen LogP contribution < -0.4 is 0 Å². The first-order valence-electron chi connectivity index (χ1n) is 4.15. The van der Waals surface area contributed by atoms with Gasteiger partial charge in [0, 0.05) is 11.8 Å². The van der Waals surface area contributed by atoms with E-state index < -0.39 is 9.84 Å². The highest BCUT2D eigenvalue weighted by molar-refractivity contribution is 9.12. The number of carbonyl (C=O) groups excluding carboxylic acids is 1. The van der Waals surface area contributed by atoms with E-state index in [-0.39, 0.29) is 10.7 Å². The lowest BCUT2D eigenvalue weighted by Crippen LogP contribution is -2.01. The molecule has 0 heterocycles. The Labute approximate surface area is 95.9 Å². The number of hydrogen-bond donors (Lipinski definition) is 0. The van der Waals surface area contributed by atoms with Gasteiger partial charge >= 0.3 is 0 Å². The predicted molar refractivity (Wildman–Crippen MR) is 60.8 cm³/mol. The first-order chi connectivity index (χ1) is 6.89. The molecule has 0 aromatic heterocycles. The standard InChI is InChI=1S/C10H7BrO3S/c1-15(13,14)7-3-2-6-4-9(11)10(12)8(6)5-7/h2-5H,1H3. The van der Waals surface area contributed by atoms with Gasteiger partial charge in [-0.05, 0) is 39.7 Å². The van der Waals surface area contributed by atoms with Gasteiger partial charge in [0.05, 0.1) is 9.38 Å². The molecule has 0 fully saturated rings. The molecule has 78 valence electrons. The second-order valence-corrected chi connectivity index (χ2v) is 6.21. The molecule has 0 aliphatic heterocycles. The van der Waals surface area contributed by atoms with Crippen LogP contribution in [0.5, 0.6) is 0 Å². The summed E-state index contributed by atoms with van der Waals surface area (Å²) in [6, 6.07) is 4.55. The molecule has 1 aliphatic carbocycles. The van der Waals surface area contributed by atoms with E-state index in [4.69, 9.17) is 0 Å². The SMILES string of the molecule is CS(=O)(=O)c1ccc2c(c1)C(=O)C(Br)=C2. The lowest BCUT2D eigenvalue weighted by Gasteiger charge is -2.01. The molecular formula is C10H7BrO3S. The van der Waals surface area contributed by atoms with Crippen LogP contribution in [0.3, 0.4) is 0 Å². The Morgan fingerprint density at radius 2 is 1.93 bits per heavy atom. The zero-order chi connectivity index (χ0) is 11.2. The topological polar surface area (TPSA) is 51.2 Å². The van der Waals surface area contributed by atoms with E-state index in [1.807, 2.05) is 0 Å². The smallest absolute Gasteiger partial charge is 0.200 e. The Hall–Kier alpha value is -0.940. The van der Waals surface area contributed by atoms with Crippen molar-refractivity contribution in [1.29, 1.82) is 0 Å². The van der Waals surface area contributed by atoms with Crippen molar-refractivity contribution in [2.75, 3.05) is 6.26 Å². The summed E-state index contributed by atoms with van der Waals surface area (Å²) in [5.74, 6) is -0.171. The highest BCUT2D eigenvalue weighted by Crippen LogP contribution is 2.30. The summed E-state index contributed by atoms with van der Waals surface area (Å²) in [5, 5.41) is 0. The van der Waals surface area contributed by atoms with Crippen LogP contribution in [0.15, 0.2) is 27.6 Å². The molecule has 1 aliphatic rings. The molecule has 3 nitrogen and oxygen atoms in total. The molecule has 5 heteroatoms. The van der Waals surface area contributed by atoms with Gasteiger partial charge in [-0.15, -0.1) is 0 Å². The van der Waals surface area contributed by atoms with Crippen molar-refractivity contribution in [2.24, 2.45) is 0 Å². The molecular weight excluding hydrogens is 280 g/mol. The average Bonchev–Trinajstić information content (AvgIpc) is 2.41. The fourth-order valence-electron chi connectivity index (χ4n) is 1.42. The number of rotatable bonds is 1. The van der Waals surface area contributed by atoms with Gasteiger partial charge in [-0.3, -0.25) is 4.79 Å². The first kappa shape index (κ1) is 10.6. The van der Waals surface area contributed by atoms with Crippen molar-refractivity contribution < 1.29 is 13.2 Å². The number of Topliss-reactive ketones (excluding diaryl/α,β-unsaturated/α-hetero) is 1. The van der Waals surface area contributed by atoms with Crippen LogP contribution in [-0.4, -0.2) is 20.5 Å². The van der Waals surface area contributed by atoms with Crippen LogP contribution in [0.25, 0.3) is 6.08 Å². The van der Waals surface area contributed by atoms with E-state index in [0.717, 1.165) is 11.8 Å². The van der Waals surface area contributed by atoms with Crippen molar-refractivity contribution in [2.45, 2.75) is 4.90 Å². The number of allylic oxidation sites excluding steroid dienone is 1. The summed E-state index contributed by atoms with van der Waals surface area (Å²) in [6.07, 6.45) is 2.81. The number of hydrogen-bond acceptors (Lipinski definition) is 3. The fraction of sp³-hybridized carbons (Fsp3) is 0.100. The van der Waals surface area contributed by atoms with Crippen LogP contribution in [0.4, 0.5) is 0 Å². The van der Waals surface area contributed by atoms with Crippen molar-refractivity contribution in [3.63, 3.8) is 0 Å². The van der Waals surface area contributed by atoms with Crippen LogP contribution in [0, 0.1) is 0 Å². The number of fused-ring (bicyclic) bond motifs is 1. The Kier molecular flexibility index (Phi) is 2.31. The average molecular weight is 287 g/mol. The van der Waals surface area contributed by atoms with E-state index in [2.05, 4.69) is 15.9 Å². The fourth-order valence-corrected chi connectivity index (χ4v) is 2.53. The Bertz CT molecular complexity index is 585. The van der Waals surface area contributed by atoms with Gasteiger partial charge in [0.15, 0.2) is 9.84 Å². The second kappa shape index (κ2) is 3.28. The molecule has 0 spiro atoms. The van der Waals surface area contributed by atoms with Gasteiger partial charge in [0.2, 0.25) is 5.78 Å². The third-order valence-electron chi connectivity index (χ3n) is 2.20. The second-order valence-electron chi connectivity index (χ2n) is 3.34. The third-order valence-corrected chi connectivity index (χ3v) is 3.90. The third kappa shape index (κ3) is 1.77. The Morgan fingerprint density at radius 1 is 1.27 bits per heavy atom. The number of halogens is 1. The molecule has 0 saturated heterocycles. The Morgan fingerprint density at radius 3 is 2.53 bits per heavy atom. The molecule has 0 bridgehead atoms. The van der Waals surface area contributed by atoms with Crippen molar-refractivity contribution in [3.05, 3.63) is 33.8 Å². The summed E-state index contributed by atoms with van der Waals surface area (Å²) in [5.41, 5.74) is 1.18. The maximum Gasteiger partial charge on any atom is 0.200 e. The molecule has 1 aromatic rings. The minimum Gasteiger partial charge on any atom is -0.288 e. The molecule has 15 heavy (non-hydrogen) atoms. The van der Waals surface area contributed by atoms with Crippen molar-refractivity contribution in [3.8, 4) is 0 Å². The molecule has 0 atom stereocenters. The molecule has 0 radical (unpaired) electrons. The van der Waals surface area contributed by atoms with E-state index in [9.17, 15) is 13.2 Å². The summed E-state index contributed by atoms with van der Waals surface area (Å²) in [4.78, 5) is 11.7. The molecule has 2 rings (SSSR count). The van der Waals surface area contributed by atoms with E-state index in [0.29, 0.717) is 10.0 Å². The zero-order valence-corrected chi connectivity index (χ0v) is 10.2. The van der Waals surface area contributed by atoms with Crippen LogP contribution in [0.1, 0.15) is 15.9 Å². The van der Waals surface area contributed by atoms with E-state index in [1.54, 1.807) is 12.1 Å². The summed E-state index contributed by atoms with van der Waals surface area (Å²) in [7, 11) is -3.26. The van der Waals surface area contributed by atoms with E-state index >= 15 is 0 Å². The predicted octanol–water partition coefficient (Wildman–Crippen LogP) is 2.02. The number of sulfone groups is 1. The minimum absolute atomic E-state index is 0.171. The molecule has 1 aromatic carbocycles. The van der Waals surface area contributed by atoms with Gasteiger partial charge < -0.3 is 0 Å². The molecule has 0 saturated carbocycles. The highest BCUT2D eigenvalue weighted by atomic mass is 79.9. The van der Waals surface area contributed by atoms with Gasteiger partial charge in [0.25, 0.3) is 0 Å². The maximum atomic E-state index is 11.6. The minimum atomic E-state index is -3.26. The summed E-state index contributed by atoms with van der Waals surface area (Å²) < 4.78 is 23.0. The summed E-state index contributed by atoms with van der Waals surface area (Å²) >= 11 is 3.12. The lowest BCUT2D eigenvalue weighted by molar-refractivity contribution is 0.104. The van der Waals surface area contributed by atoms with Gasteiger partial charge in [0.1, 0.15) is 0 Å². The van der Waals surface area contributed by atoms with Gasteiger partial charge in [-0.1, -0.05) is 6.07 Å². The van der Waals surface area contributed by atoms with Gasteiger partial charge in [-0.2, -0.15) is 0 Å². The highest BCUT2D eigenvalue weighted by Gasteiger charge is 2.22. The number of ketones is 1. The normalized spacial score (nSPS) is 15.1. The van der Waals surface area contributed by atoms with E-state index in [1.165, 1.54) is 12.1 Å². The quantitative estimate of drug-likeness (QED) is 0.794. The van der Waals surface area contributed by atoms with Crippen LogP contribution >= 0.6 is 15.9 Å². The van der Waals surface area contributed by atoms with Crippen LogP contribution in [-0.2, 0) is 9.84 Å². The first-order valence-corrected chi connectivity index (χ1v) is 6.84. The Balaban J connectivity index is 2.63. The van der Waals surface area contributed by atoms with Crippen LogP contribution in [0.2, 0.25) is 0 Å². The van der Waals surface area contributed by atoms with Gasteiger partial charge in [-0.25, -0.2) is 8.42 Å². The van der Waals surface area contributed by atoms with Crippen molar-refractivity contribution >= 4 is 37.6 Å². The molecule has 0 N–H and O–H groups in total. The maximum absolute atomic E-state index is 11.6.